The Bertz CT molecular complexity index is 1080. The van der Waals surface area contributed by atoms with Crippen LogP contribution in [0.3, 0.4) is 0 Å². The molecule has 5 N–H and O–H groups in total. The van der Waals surface area contributed by atoms with Crippen molar-refractivity contribution in [3.05, 3.63) is 57.5 Å². The molecule has 0 radical (unpaired) electrons. The van der Waals surface area contributed by atoms with Gasteiger partial charge in [-0.3, -0.25) is 24.4 Å². The van der Waals surface area contributed by atoms with Crippen molar-refractivity contribution in [3.63, 3.8) is 0 Å². The summed E-state index contributed by atoms with van der Waals surface area (Å²) in [5.41, 5.74) is 4.58. The second-order valence-corrected chi connectivity index (χ2v) is 6.20. The Kier molecular flexibility index (Phi) is 4.93. The zero-order chi connectivity index (χ0) is 21.3. The molecule has 0 aliphatic carbocycles. The maximum Gasteiger partial charge on any atom is 0.335 e. The Balaban J connectivity index is 1.97. The van der Waals surface area contributed by atoms with Crippen molar-refractivity contribution in [2.75, 3.05) is 0 Å². The summed E-state index contributed by atoms with van der Waals surface area (Å²) >= 11 is 0. The van der Waals surface area contributed by atoms with E-state index in [-0.39, 0.29) is 18.3 Å². The van der Waals surface area contributed by atoms with Crippen LogP contribution in [-0.4, -0.2) is 32.4 Å². The third-order valence-corrected chi connectivity index (χ3v) is 4.18. The first-order valence-electron chi connectivity index (χ1n) is 8.29. The Morgan fingerprint density at radius 2 is 2.03 bits per heavy atom. The van der Waals surface area contributed by atoms with Gasteiger partial charge in [-0.25, -0.2) is 9.37 Å². The number of carbonyl (C=O) groups is 2. The van der Waals surface area contributed by atoms with Crippen LogP contribution in [0.4, 0.5) is 4.39 Å². The number of aromatic hydroxyl groups is 1. The van der Waals surface area contributed by atoms with Gasteiger partial charge in [0.15, 0.2) is 11.5 Å². The number of nitrogens with two attached hydrogens (primary N) is 1. The van der Waals surface area contributed by atoms with Crippen molar-refractivity contribution in [1.82, 2.24) is 20.3 Å². The van der Waals surface area contributed by atoms with Crippen LogP contribution in [0.15, 0.2) is 34.2 Å². The predicted octanol–water partition coefficient (Wildman–Crippen LogP) is -0.854. The summed E-state index contributed by atoms with van der Waals surface area (Å²) in [6.07, 6.45) is 0. The van der Waals surface area contributed by atoms with Crippen LogP contribution in [0.25, 0.3) is 0 Å². The molecule has 0 bridgehead atoms. The molecule has 1 aliphatic rings. The number of hydrazone groups is 1. The highest BCUT2D eigenvalue weighted by atomic mass is 19.1. The van der Waals surface area contributed by atoms with Crippen LogP contribution < -0.4 is 22.0 Å². The summed E-state index contributed by atoms with van der Waals surface area (Å²) in [6, 6.07) is 5.35. The molecule has 1 aromatic carbocycles. The van der Waals surface area contributed by atoms with E-state index in [1.54, 1.807) is 0 Å². The lowest BCUT2D eigenvalue weighted by atomic mass is 10.1. The second-order valence-electron chi connectivity index (χ2n) is 6.20. The highest BCUT2D eigenvalue weighted by molar-refractivity contribution is 5.95. The first kappa shape index (κ1) is 19.8. The minimum absolute atomic E-state index is 0.0251. The van der Waals surface area contributed by atoms with Crippen molar-refractivity contribution in [2.45, 2.75) is 19.2 Å². The quantitative estimate of drug-likeness (QED) is 0.504. The average Bonchev–Trinajstić information content (AvgIpc) is 3.08. The van der Waals surface area contributed by atoms with E-state index in [1.165, 1.54) is 38.2 Å². The fourth-order valence-electron chi connectivity index (χ4n) is 2.67. The summed E-state index contributed by atoms with van der Waals surface area (Å²) < 4.78 is 19.1. The van der Waals surface area contributed by atoms with Crippen LogP contribution in [0, 0.1) is 5.82 Å². The van der Waals surface area contributed by atoms with Gasteiger partial charge in [0, 0.05) is 20.5 Å². The standard InChI is InChI=1S/C17H17FN6O5/c1-8-22-23-17(29-8,15(19)28)16-21-11(12(25)14(27)24(16)2)13(26)20-7-9-3-5-10(18)6-4-9/h3-6,23,25H,7H2,1-2H3,(H2,19,28)(H,20,26). The first-order chi connectivity index (χ1) is 13.7. The topological polar surface area (TPSA) is 161 Å². The molecule has 11 nitrogen and oxygen atoms in total. The molecule has 3 rings (SSSR count). The monoisotopic (exact) mass is 404 g/mol. The Morgan fingerprint density at radius 1 is 1.38 bits per heavy atom. The summed E-state index contributed by atoms with van der Waals surface area (Å²) in [5, 5.41) is 16.3. The smallest absolute Gasteiger partial charge is 0.335 e. The van der Waals surface area contributed by atoms with E-state index in [1.807, 2.05) is 0 Å². The van der Waals surface area contributed by atoms with Crippen molar-refractivity contribution in [2.24, 2.45) is 17.9 Å². The number of nitrogens with zero attached hydrogens (tertiary/aromatic N) is 3. The molecular weight excluding hydrogens is 387 g/mol. The number of hydrogen-bond donors (Lipinski definition) is 4. The van der Waals surface area contributed by atoms with E-state index in [2.05, 4.69) is 20.8 Å². The van der Waals surface area contributed by atoms with Gasteiger partial charge in [-0.1, -0.05) is 12.1 Å². The largest absolute Gasteiger partial charge is 0.501 e. The molecule has 1 aromatic heterocycles. The SMILES string of the molecule is CC1=NNC(C(N)=O)(c2nc(C(=O)NCc3ccc(F)cc3)c(O)c(=O)n2C)O1. The van der Waals surface area contributed by atoms with Gasteiger partial charge in [0.2, 0.25) is 11.6 Å². The Morgan fingerprint density at radius 3 is 2.59 bits per heavy atom. The van der Waals surface area contributed by atoms with Crippen LogP contribution in [-0.2, 0) is 28.8 Å². The zero-order valence-electron chi connectivity index (χ0n) is 15.4. The third kappa shape index (κ3) is 3.47. The summed E-state index contributed by atoms with van der Waals surface area (Å²) in [6.45, 7) is 1.41. The van der Waals surface area contributed by atoms with Gasteiger partial charge in [-0.05, 0) is 17.7 Å². The molecule has 0 fully saturated rings. The van der Waals surface area contributed by atoms with Crippen LogP contribution >= 0.6 is 0 Å². The Hall–Kier alpha value is -3.96. The molecule has 1 unspecified atom stereocenters. The van der Waals surface area contributed by atoms with Crippen LogP contribution in [0.2, 0.25) is 0 Å². The molecule has 152 valence electrons. The number of halogens is 1. The molecule has 2 aromatic rings. The number of nitrogens with one attached hydrogen (secondary N) is 2. The fourth-order valence-corrected chi connectivity index (χ4v) is 2.67. The van der Waals surface area contributed by atoms with Gasteiger partial charge < -0.3 is 20.9 Å². The van der Waals surface area contributed by atoms with Gasteiger partial charge in [0.25, 0.3) is 17.4 Å². The molecule has 0 saturated carbocycles. The second kappa shape index (κ2) is 7.22. The van der Waals surface area contributed by atoms with Gasteiger partial charge in [0.1, 0.15) is 5.82 Å². The zero-order valence-corrected chi connectivity index (χ0v) is 15.4. The number of carbonyl (C=O) groups excluding carboxylic acids is 2. The number of rotatable bonds is 5. The van der Waals surface area contributed by atoms with Gasteiger partial charge >= 0.3 is 5.72 Å². The normalized spacial score (nSPS) is 17.8. The lowest BCUT2D eigenvalue weighted by Gasteiger charge is -2.25. The number of amides is 2. The molecule has 0 saturated heterocycles. The molecule has 1 atom stereocenters. The van der Waals surface area contributed by atoms with Crippen LogP contribution in [0.1, 0.15) is 28.8 Å². The number of primary amides is 1. The van der Waals surface area contributed by atoms with Gasteiger partial charge in [-0.15, -0.1) is 5.10 Å². The number of hydrogen-bond acceptors (Lipinski definition) is 8. The van der Waals surface area contributed by atoms with Crippen molar-refractivity contribution >= 4 is 17.7 Å². The first-order valence-corrected chi connectivity index (χ1v) is 8.29. The molecule has 1 aliphatic heterocycles. The van der Waals surface area contributed by atoms with E-state index < -0.39 is 40.4 Å². The van der Waals surface area contributed by atoms with E-state index in [0.29, 0.717) is 5.56 Å². The molecule has 2 amide bonds. The highest BCUT2D eigenvalue weighted by Crippen LogP contribution is 2.26. The summed E-state index contributed by atoms with van der Waals surface area (Å²) in [7, 11) is 1.22. The van der Waals surface area contributed by atoms with Gasteiger partial charge in [0.05, 0.1) is 0 Å². The van der Waals surface area contributed by atoms with Crippen LogP contribution in [0.5, 0.6) is 5.75 Å². The van der Waals surface area contributed by atoms with Crippen molar-refractivity contribution in [1.29, 1.82) is 0 Å². The maximum atomic E-state index is 13.0. The van der Waals surface area contributed by atoms with E-state index in [0.717, 1.165) is 4.57 Å². The lowest BCUT2D eigenvalue weighted by Crippen LogP contribution is -2.53. The Labute approximate surface area is 163 Å². The molecule has 2 heterocycles. The number of benzene rings is 1. The van der Waals surface area contributed by atoms with E-state index in [4.69, 9.17) is 10.5 Å². The lowest BCUT2D eigenvalue weighted by molar-refractivity contribution is -0.138. The van der Waals surface area contributed by atoms with E-state index >= 15 is 0 Å². The molecule has 0 spiro atoms. The molecule has 12 heteroatoms. The predicted molar refractivity (Wildman–Crippen MR) is 96.9 cm³/mol. The summed E-state index contributed by atoms with van der Waals surface area (Å²) in [5.74, 6) is -3.66. The van der Waals surface area contributed by atoms with Gasteiger partial charge in [-0.2, -0.15) is 0 Å². The van der Waals surface area contributed by atoms with Crippen molar-refractivity contribution < 1.29 is 23.8 Å². The minimum atomic E-state index is -2.13. The van der Waals surface area contributed by atoms with E-state index in [9.17, 15) is 23.9 Å². The average molecular weight is 404 g/mol. The fraction of sp³-hybridized carbons (Fsp3) is 0.235. The highest BCUT2D eigenvalue weighted by Gasteiger charge is 2.49. The maximum absolute atomic E-state index is 13.0. The number of ether oxygens (including phenoxy) is 1. The molecule has 29 heavy (non-hydrogen) atoms. The third-order valence-electron chi connectivity index (χ3n) is 4.18. The number of aromatic nitrogens is 2. The summed E-state index contributed by atoms with van der Waals surface area (Å²) in [4.78, 5) is 40.9. The van der Waals surface area contributed by atoms with Crippen molar-refractivity contribution in [3.8, 4) is 5.75 Å². The molecular formula is C17H17FN6O5. The minimum Gasteiger partial charge on any atom is -0.501 e.